The second-order valence-corrected chi connectivity index (χ2v) is 9.56. The van der Waals surface area contributed by atoms with Gasteiger partial charge >= 0.3 is 6.09 Å². The second-order valence-electron chi connectivity index (χ2n) is 7.11. The summed E-state index contributed by atoms with van der Waals surface area (Å²) in [6, 6.07) is 9.83. The maximum atomic E-state index is 12.9. The van der Waals surface area contributed by atoms with Crippen LogP contribution in [0.25, 0.3) is 0 Å². The Labute approximate surface area is 180 Å². The molecule has 2 heterocycles. The van der Waals surface area contributed by atoms with Gasteiger partial charge in [0.1, 0.15) is 0 Å². The molecule has 0 radical (unpaired) electrons. The van der Waals surface area contributed by atoms with Crippen LogP contribution in [0.15, 0.2) is 48.8 Å². The first-order valence-electron chi connectivity index (χ1n) is 9.57. The van der Waals surface area contributed by atoms with Crippen molar-refractivity contribution in [3.63, 3.8) is 0 Å². The van der Waals surface area contributed by atoms with Crippen molar-refractivity contribution >= 4 is 27.7 Å². The molecule has 8 nitrogen and oxygen atoms in total. The molecule has 1 aliphatic heterocycles. The number of carboxylic acid groups (broad SMARTS) is 1. The van der Waals surface area contributed by atoms with E-state index in [1.165, 1.54) is 10.5 Å². The van der Waals surface area contributed by atoms with Gasteiger partial charge in [0, 0.05) is 30.5 Å². The van der Waals surface area contributed by atoms with E-state index in [0.29, 0.717) is 43.1 Å². The first-order chi connectivity index (χ1) is 14.3. The molecule has 1 atom stereocenters. The Morgan fingerprint density at radius 2 is 2.07 bits per heavy atom. The second kappa shape index (κ2) is 10.2. The highest BCUT2D eigenvalue weighted by Gasteiger charge is 2.31. The quantitative estimate of drug-likeness (QED) is 0.635. The third-order valence-electron chi connectivity index (χ3n) is 4.93. The van der Waals surface area contributed by atoms with Crippen molar-refractivity contribution in [2.45, 2.75) is 31.6 Å². The number of carbonyl (C=O) groups is 1. The summed E-state index contributed by atoms with van der Waals surface area (Å²) in [5.41, 5.74) is 1.47. The van der Waals surface area contributed by atoms with Crippen molar-refractivity contribution in [1.29, 1.82) is 0 Å². The molecule has 1 aromatic carbocycles. The standard InChI is InChI=1S/C20H24ClN3O5S/c21-17-5-1-3-15(11-17)13-29-18-6-9-24(10-7-18)30(27,28)14-19(23-20(25)26)16-4-2-8-22-12-16/h1-5,8,11-12,18-19,23H,6-7,9-10,13-14H2,(H,25,26). The fourth-order valence-corrected chi connectivity index (χ4v) is 5.27. The van der Waals surface area contributed by atoms with Crippen LogP contribution in [0.2, 0.25) is 5.02 Å². The van der Waals surface area contributed by atoms with Gasteiger partial charge in [-0.25, -0.2) is 17.5 Å². The topological polar surface area (TPSA) is 109 Å². The molecule has 0 spiro atoms. The normalized spacial score (nSPS) is 16.8. The molecule has 0 bridgehead atoms. The number of halogens is 1. The fraction of sp³-hybridized carbons (Fsp3) is 0.400. The van der Waals surface area contributed by atoms with Gasteiger partial charge in [-0.2, -0.15) is 0 Å². The first kappa shape index (κ1) is 22.5. The van der Waals surface area contributed by atoms with E-state index in [-0.39, 0.29) is 11.9 Å². The minimum absolute atomic E-state index is 0.0401. The number of piperidine rings is 1. The predicted molar refractivity (Wildman–Crippen MR) is 113 cm³/mol. The van der Waals surface area contributed by atoms with Gasteiger partial charge < -0.3 is 15.2 Å². The molecular formula is C20H24ClN3O5S. The van der Waals surface area contributed by atoms with Crippen LogP contribution in [0, 0.1) is 0 Å². The molecule has 162 valence electrons. The molecule has 10 heteroatoms. The van der Waals surface area contributed by atoms with Gasteiger partial charge in [0.2, 0.25) is 10.0 Å². The average molecular weight is 454 g/mol. The summed E-state index contributed by atoms with van der Waals surface area (Å²) in [6.45, 7) is 1.08. The Balaban J connectivity index is 1.56. The third-order valence-corrected chi connectivity index (χ3v) is 7.07. The highest BCUT2D eigenvalue weighted by molar-refractivity contribution is 7.89. The lowest BCUT2D eigenvalue weighted by molar-refractivity contribution is 0.0102. The summed E-state index contributed by atoms with van der Waals surface area (Å²) in [5, 5.41) is 12.0. The molecule has 2 aromatic rings. The summed E-state index contributed by atoms with van der Waals surface area (Å²) >= 11 is 5.98. The fourth-order valence-electron chi connectivity index (χ4n) is 3.39. The van der Waals surface area contributed by atoms with Crippen molar-refractivity contribution in [2.75, 3.05) is 18.8 Å². The van der Waals surface area contributed by atoms with Crippen LogP contribution in [0.3, 0.4) is 0 Å². The number of hydrogen-bond acceptors (Lipinski definition) is 5. The molecule has 1 fully saturated rings. The predicted octanol–water partition coefficient (Wildman–Crippen LogP) is 3.05. The number of amides is 1. The number of nitrogens with zero attached hydrogens (tertiary/aromatic N) is 2. The number of benzene rings is 1. The SMILES string of the molecule is O=C(O)NC(CS(=O)(=O)N1CCC(OCc2cccc(Cl)c2)CC1)c1cccnc1. The molecule has 0 saturated carbocycles. The van der Waals surface area contributed by atoms with Crippen molar-refractivity contribution in [1.82, 2.24) is 14.6 Å². The van der Waals surface area contributed by atoms with Crippen LogP contribution in [0.1, 0.15) is 30.0 Å². The zero-order chi connectivity index (χ0) is 21.6. The maximum absolute atomic E-state index is 12.9. The van der Waals surface area contributed by atoms with E-state index in [1.807, 2.05) is 18.2 Å². The van der Waals surface area contributed by atoms with Gasteiger partial charge in [-0.05, 0) is 42.2 Å². The van der Waals surface area contributed by atoms with Crippen molar-refractivity contribution in [3.8, 4) is 0 Å². The third kappa shape index (κ3) is 6.40. The van der Waals surface area contributed by atoms with E-state index in [4.69, 9.17) is 21.4 Å². The van der Waals surface area contributed by atoms with Crippen LogP contribution in [-0.2, 0) is 21.4 Å². The lowest BCUT2D eigenvalue weighted by Gasteiger charge is -2.32. The van der Waals surface area contributed by atoms with Crippen LogP contribution in [0.5, 0.6) is 0 Å². The van der Waals surface area contributed by atoms with Gasteiger partial charge in [0.25, 0.3) is 0 Å². The van der Waals surface area contributed by atoms with Crippen molar-refractivity contribution in [2.24, 2.45) is 0 Å². The summed E-state index contributed by atoms with van der Waals surface area (Å²) in [5.74, 6) is -0.362. The number of nitrogens with one attached hydrogen (secondary N) is 1. The molecule has 1 aliphatic rings. The number of pyridine rings is 1. The summed E-state index contributed by atoms with van der Waals surface area (Å²) < 4.78 is 33.1. The summed E-state index contributed by atoms with van der Waals surface area (Å²) in [6.07, 6.45) is 2.83. The van der Waals surface area contributed by atoms with E-state index >= 15 is 0 Å². The first-order valence-corrected chi connectivity index (χ1v) is 11.6. The molecule has 0 aliphatic carbocycles. The van der Waals surface area contributed by atoms with Crippen LogP contribution in [-0.4, -0.2) is 53.9 Å². The molecule has 1 amide bonds. The minimum atomic E-state index is -3.67. The molecular weight excluding hydrogens is 430 g/mol. The Bertz CT molecular complexity index is 950. The van der Waals surface area contributed by atoms with Crippen molar-refractivity contribution < 1.29 is 23.1 Å². The highest BCUT2D eigenvalue weighted by Crippen LogP contribution is 2.22. The smallest absolute Gasteiger partial charge is 0.405 e. The van der Waals surface area contributed by atoms with Crippen LogP contribution >= 0.6 is 11.6 Å². The zero-order valence-corrected chi connectivity index (χ0v) is 17.8. The molecule has 1 unspecified atom stereocenters. The van der Waals surface area contributed by atoms with Gasteiger partial charge in [0.05, 0.1) is 24.5 Å². The Hall–Kier alpha value is -2.20. The van der Waals surface area contributed by atoms with Gasteiger partial charge in [0.15, 0.2) is 0 Å². The number of rotatable bonds is 8. The Kier molecular flexibility index (Phi) is 7.65. The number of ether oxygens (including phenoxy) is 1. The van der Waals surface area contributed by atoms with Crippen LogP contribution < -0.4 is 5.32 Å². The average Bonchev–Trinajstić information content (AvgIpc) is 2.72. The van der Waals surface area contributed by atoms with Crippen molar-refractivity contribution in [3.05, 3.63) is 64.9 Å². The highest BCUT2D eigenvalue weighted by atomic mass is 35.5. The molecule has 1 saturated heterocycles. The van der Waals surface area contributed by atoms with Gasteiger partial charge in [-0.3, -0.25) is 4.98 Å². The lowest BCUT2D eigenvalue weighted by Crippen LogP contribution is -2.44. The largest absolute Gasteiger partial charge is 0.465 e. The Morgan fingerprint density at radius 1 is 1.30 bits per heavy atom. The van der Waals surface area contributed by atoms with E-state index in [1.54, 1.807) is 24.4 Å². The Morgan fingerprint density at radius 3 is 2.70 bits per heavy atom. The molecule has 3 rings (SSSR count). The van der Waals surface area contributed by atoms with Gasteiger partial charge in [-0.15, -0.1) is 0 Å². The molecule has 1 aromatic heterocycles. The summed E-state index contributed by atoms with van der Waals surface area (Å²) in [4.78, 5) is 15.1. The maximum Gasteiger partial charge on any atom is 0.405 e. The van der Waals surface area contributed by atoms with Crippen LogP contribution in [0.4, 0.5) is 4.79 Å². The van der Waals surface area contributed by atoms with E-state index in [2.05, 4.69) is 10.3 Å². The molecule has 2 N–H and O–H groups in total. The minimum Gasteiger partial charge on any atom is -0.465 e. The van der Waals surface area contributed by atoms with E-state index in [0.717, 1.165) is 5.56 Å². The number of sulfonamides is 1. The summed E-state index contributed by atoms with van der Waals surface area (Å²) in [7, 11) is -3.67. The van der Waals surface area contributed by atoms with E-state index in [9.17, 15) is 13.2 Å². The number of hydrogen-bond donors (Lipinski definition) is 2. The number of aromatic nitrogens is 1. The lowest BCUT2D eigenvalue weighted by atomic mass is 10.1. The monoisotopic (exact) mass is 453 g/mol. The zero-order valence-electron chi connectivity index (χ0n) is 16.3. The molecule has 30 heavy (non-hydrogen) atoms. The van der Waals surface area contributed by atoms with E-state index < -0.39 is 22.2 Å². The van der Waals surface area contributed by atoms with Gasteiger partial charge in [-0.1, -0.05) is 29.8 Å².